The molecule has 0 aliphatic heterocycles. The first-order chi connectivity index (χ1) is 11.4. The van der Waals surface area contributed by atoms with Gasteiger partial charge >= 0.3 is 19.9 Å². The quantitative estimate of drug-likeness (QED) is 0.479. The molecule has 136 valence electrons. The second-order valence-electron chi connectivity index (χ2n) is 5.00. The number of hydrogen-bond acceptors (Lipinski definition) is 3. The summed E-state index contributed by atoms with van der Waals surface area (Å²) in [6.07, 6.45) is -9.05. The van der Waals surface area contributed by atoms with Crippen LogP contribution in [-0.2, 0) is 16.9 Å². The van der Waals surface area contributed by atoms with Crippen LogP contribution in [0, 0.1) is 0 Å². The van der Waals surface area contributed by atoms with Gasteiger partial charge in [0, 0.05) is 0 Å². The molecule has 0 radical (unpaired) electrons. The Bertz CT molecular complexity index is 702. The maximum absolute atomic E-state index is 12.5. The van der Waals surface area contributed by atoms with Crippen molar-refractivity contribution in [3.8, 4) is 11.5 Å². The SMILES string of the molecule is CP(=O)(Oc1ccc(C(F)(F)F)cc1)Oc1ccc(C(F)(F)F)cc1. The summed E-state index contributed by atoms with van der Waals surface area (Å²) in [6.45, 7) is 1.04. The van der Waals surface area contributed by atoms with E-state index in [-0.39, 0.29) is 11.5 Å². The molecule has 0 amide bonds. The van der Waals surface area contributed by atoms with Crippen molar-refractivity contribution in [2.75, 3.05) is 6.66 Å². The molecule has 10 heteroatoms. The van der Waals surface area contributed by atoms with E-state index in [4.69, 9.17) is 9.05 Å². The summed E-state index contributed by atoms with van der Waals surface area (Å²) in [6, 6.07) is 6.84. The van der Waals surface area contributed by atoms with E-state index in [1.54, 1.807) is 0 Å². The van der Waals surface area contributed by atoms with Crippen LogP contribution in [0.25, 0.3) is 0 Å². The molecule has 0 saturated carbocycles. The molecule has 0 aromatic heterocycles. The number of benzene rings is 2. The summed E-state index contributed by atoms with van der Waals surface area (Å²) in [5.74, 6) is -0.267. The van der Waals surface area contributed by atoms with E-state index in [1.807, 2.05) is 0 Å². The molecule has 2 rings (SSSR count). The van der Waals surface area contributed by atoms with E-state index in [1.165, 1.54) is 0 Å². The van der Waals surface area contributed by atoms with E-state index < -0.39 is 31.1 Å². The third-order valence-electron chi connectivity index (χ3n) is 2.91. The first-order valence-corrected chi connectivity index (χ1v) is 8.67. The Labute approximate surface area is 138 Å². The Morgan fingerprint density at radius 1 is 0.680 bits per heavy atom. The van der Waals surface area contributed by atoms with Crippen molar-refractivity contribution < 1.29 is 40.0 Å². The Balaban J connectivity index is 2.08. The van der Waals surface area contributed by atoms with Gasteiger partial charge in [0.1, 0.15) is 11.5 Å². The highest BCUT2D eigenvalue weighted by atomic mass is 31.2. The predicted molar refractivity (Wildman–Crippen MR) is 77.7 cm³/mol. The second kappa shape index (κ2) is 6.63. The van der Waals surface area contributed by atoms with Crippen molar-refractivity contribution in [1.29, 1.82) is 0 Å². The average Bonchev–Trinajstić information content (AvgIpc) is 2.45. The van der Waals surface area contributed by atoms with Crippen molar-refractivity contribution in [2.24, 2.45) is 0 Å². The minimum absolute atomic E-state index is 0.134. The van der Waals surface area contributed by atoms with Crippen LogP contribution < -0.4 is 9.05 Å². The summed E-state index contributed by atoms with van der Waals surface area (Å²) in [4.78, 5) is 0. The minimum atomic E-state index is -4.52. The van der Waals surface area contributed by atoms with E-state index in [9.17, 15) is 30.9 Å². The molecular formula is C15H11F6O3P. The highest BCUT2D eigenvalue weighted by Gasteiger charge is 2.31. The Morgan fingerprint density at radius 3 is 1.20 bits per heavy atom. The number of halogens is 6. The van der Waals surface area contributed by atoms with E-state index >= 15 is 0 Å². The molecule has 0 atom stereocenters. The largest absolute Gasteiger partial charge is 0.427 e. The van der Waals surface area contributed by atoms with Crippen LogP contribution in [0.1, 0.15) is 11.1 Å². The van der Waals surface area contributed by atoms with Gasteiger partial charge in [0.25, 0.3) is 0 Å². The Hall–Kier alpha value is -2.15. The van der Waals surface area contributed by atoms with Gasteiger partial charge in [0.2, 0.25) is 0 Å². The Morgan fingerprint density at radius 2 is 0.960 bits per heavy atom. The minimum Gasteiger partial charge on any atom is -0.416 e. The van der Waals surface area contributed by atoms with E-state index in [2.05, 4.69) is 0 Å². The monoisotopic (exact) mass is 384 g/mol. The number of alkyl halides is 6. The van der Waals surface area contributed by atoms with Gasteiger partial charge in [-0.15, -0.1) is 0 Å². The maximum atomic E-state index is 12.5. The van der Waals surface area contributed by atoms with Gasteiger partial charge in [0.05, 0.1) is 17.8 Å². The van der Waals surface area contributed by atoms with Crippen molar-refractivity contribution in [3.05, 3.63) is 59.7 Å². The molecule has 0 bridgehead atoms. The molecule has 2 aromatic carbocycles. The lowest BCUT2D eigenvalue weighted by Crippen LogP contribution is -2.05. The van der Waals surface area contributed by atoms with E-state index in [0.717, 1.165) is 55.2 Å². The Kier molecular flexibility index (Phi) is 5.09. The highest BCUT2D eigenvalue weighted by molar-refractivity contribution is 7.53. The summed E-state index contributed by atoms with van der Waals surface area (Å²) in [5, 5.41) is 0. The molecule has 3 nitrogen and oxygen atoms in total. The summed E-state index contributed by atoms with van der Waals surface area (Å²) in [5.41, 5.74) is -1.82. The van der Waals surface area contributed by atoms with Crippen molar-refractivity contribution in [2.45, 2.75) is 12.4 Å². The fraction of sp³-hybridized carbons (Fsp3) is 0.200. The fourth-order valence-corrected chi connectivity index (χ4v) is 2.86. The molecule has 2 aromatic rings. The normalized spacial score (nSPS) is 12.8. The van der Waals surface area contributed by atoms with Gasteiger partial charge in [-0.3, -0.25) is 0 Å². The van der Waals surface area contributed by atoms with Crippen LogP contribution >= 0.6 is 7.60 Å². The van der Waals surface area contributed by atoms with Crippen LogP contribution in [-0.4, -0.2) is 6.66 Å². The molecule has 25 heavy (non-hydrogen) atoms. The van der Waals surface area contributed by atoms with Gasteiger partial charge in [0.15, 0.2) is 0 Å². The van der Waals surface area contributed by atoms with Crippen molar-refractivity contribution in [1.82, 2.24) is 0 Å². The lowest BCUT2D eigenvalue weighted by Gasteiger charge is -2.17. The second-order valence-corrected chi connectivity index (χ2v) is 6.91. The molecule has 0 aliphatic rings. The van der Waals surface area contributed by atoms with Crippen LogP contribution in [0.4, 0.5) is 26.3 Å². The zero-order valence-corrected chi connectivity index (χ0v) is 13.5. The smallest absolute Gasteiger partial charge is 0.416 e. The molecule has 0 saturated heterocycles. The van der Waals surface area contributed by atoms with Crippen LogP contribution in [0.2, 0.25) is 0 Å². The van der Waals surface area contributed by atoms with Gasteiger partial charge in [-0.05, 0) is 48.5 Å². The zero-order chi connectivity index (χ0) is 18.9. The highest BCUT2D eigenvalue weighted by Crippen LogP contribution is 2.45. The average molecular weight is 384 g/mol. The predicted octanol–water partition coefficient (Wildman–Crippen LogP) is 6.00. The molecule has 0 heterocycles. The topological polar surface area (TPSA) is 35.5 Å². The fourth-order valence-electron chi connectivity index (χ4n) is 1.81. The number of rotatable bonds is 4. The summed E-state index contributed by atoms with van der Waals surface area (Å²) < 4.78 is 97.0. The van der Waals surface area contributed by atoms with Gasteiger partial charge < -0.3 is 9.05 Å². The molecule has 0 aliphatic carbocycles. The first-order valence-electron chi connectivity index (χ1n) is 6.68. The zero-order valence-electron chi connectivity index (χ0n) is 12.6. The van der Waals surface area contributed by atoms with E-state index in [0.29, 0.717) is 0 Å². The third-order valence-corrected chi connectivity index (χ3v) is 3.99. The van der Waals surface area contributed by atoms with Gasteiger partial charge in [-0.25, -0.2) is 4.57 Å². The standard InChI is InChI=1S/C15H11F6O3P/c1-25(22,23-12-6-2-10(3-7-12)14(16,17)18)24-13-8-4-11(5-9-13)15(19,20)21/h2-9H,1H3. The summed E-state index contributed by atoms with van der Waals surface area (Å²) >= 11 is 0. The maximum Gasteiger partial charge on any atom is 0.427 e. The number of hydrogen-bond donors (Lipinski definition) is 0. The van der Waals surface area contributed by atoms with Crippen molar-refractivity contribution in [3.63, 3.8) is 0 Å². The van der Waals surface area contributed by atoms with Gasteiger partial charge in [-0.1, -0.05) is 0 Å². The first kappa shape index (κ1) is 19.2. The van der Waals surface area contributed by atoms with Gasteiger partial charge in [-0.2, -0.15) is 26.3 Å². The molecule has 0 unspecified atom stereocenters. The van der Waals surface area contributed by atoms with Crippen LogP contribution in [0.15, 0.2) is 48.5 Å². The molecule has 0 N–H and O–H groups in total. The summed E-state index contributed by atoms with van der Waals surface area (Å²) in [7, 11) is -3.81. The van der Waals surface area contributed by atoms with Crippen LogP contribution in [0.3, 0.4) is 0 Å². The molecular weight excluding hydrogens is 373 g/mol. The lowest BCUT2D eigenvalue weighted by atomic mass is 10.2. The molecule has 0 fully saturated rings. The van der Waals surface area contributed by atoms with Crippen LogP contribution in [0.5, 0.6) is 11.5 Å². The lowest BCUT2D eigenvalue weighted by molar-refractivity contribution is -0.138. The molecule has 0 spiro atoms. The third kappa shape index (κ3) is 5.42. The van der Waals surface area contributed by atoms with Crippen molar-refractivity contribution >= 4 is 7.60 Å².